The maximum atomic E-state index is 11.2. The molecule has 1 aromatic carbocycles. The van der Waals surface area contributed by atoms with E-state index in [1.54, 1.807) is 0 Å². The number of carbonyl (C=O) groups is 1. The van der Waals surface area contributed by atoms with Gasteiger partial charge in [-0.15, -0.1) is 0 Å². The van der Waals surface area contributed by atoms with Gasteiger partial charge in [0.2, 0.25) is 0 Å². The minimum absolute atomic E-state index is 0.247. The molecule has 1 N–H and O–H groups in total. The van der Waals surface area contributed by atoms with Gasteiger partial charge in [0.25, 0.3) is 0 Å². The molecule has 6 nitrogen and oxygen atoms in total. The number of aryl methyl sites for hydroxylation is 1. The quantitative estimate of drug-likeness (QED) is 0.358. The molecule has 0 saturated heterocycles. The van der Waals surface area contributed by atoms with E-state index in [4.69, 9.17) is 9.72 Å². The van der Waals surface area contributed by atoms with Gasteiger partial charge in [-0.1, -0.05) is 24.3 Å². The topological polar surface area (TPSA) is 80.8 Å². The predicted molar refractivity (Wildman–Crippen MR) is 128 cm³/mol. The smallest absolute Gasteiger partial charge is 0.302 e. The minimum Gasteiger partial charge on any atom is -0.461 e. The Balaban J connectivity index is 1.58. The van der Waals surface area contributed by atoms with E-state index in [9.17, 15) is 4.79 Å². The molecular weight excluding hydrogens is 412 g/mol. The van der Waals surface area contributed by atoms with Gasteiger partial charge in [0.15, 0.2) is 0 Å². The van der Waals surface area contributed by atoms with Crippen molar-refractivity contribution < 1.29 is 9.53 Å². The van der Waals surface area contributed by atoms with Crippen molar-refractivity contribution in [2.45, 2.75) is 20.5 Å². The second-order valence-corrected chi connectivity index (χ2v) is 7.90. The number of nitrogens with zero attached hydrogens (tertiary/aromatic N) is 3. The first kappa shape index (κ1) is 20.6. The summed E-state index contributed by atoms with van der Waals surface area (Å²) in [5, 5.41) is 1.02. The number of H-pyrrole nitrogens is 1. The molecule has 6 heteroatoms. The van der Waals surface area contributed by atoms with Crippen molar-refractivity contribution >= 4 is 17.0 Å². The Bertz CT molecular complexity index is 1470. The highest BCUT2D eigenvalue weighted by atomic mass is 16.5. The third-order valence-corrected chi connectivity index (χ3v) is 5.43. The van der Waals surface area contributed by atoms with E-state index < -0.39 is 0 Å². The second-order valence-electron chi connectivity index (χ2n) is 7.90. The van der Waals surface area contributed by atoms with E-state index in [0.717, 1.165) is 55.9 Å². The van der Waals surface area contributed by atoms with Crippen LogP contribution in [0.3, 0.4) is 0 Å². The highest BCUT2D eigenvalue weighted by Crippen LogP contribution is 2.33. The number of aromatic nitrogens is 4. The first-order chi connectivity index (χ1) is 16.1. The summed E-state index contributed by atoms with van der Waals surface area (Å²) >= 11 is 0. The summed E-state index contributed by atoms with van der Waals surface area (Å²) in [5.74, 6) is -0.295. The summed E-state index contributed by atoms with van der Waals surface area (Å²) in [4.78, 5) is 28.3. The van der Waals surface area contributed by atoms with Gasteiger partial charge in [0.05, 0.1) is 11.4 Å². The first-order valence-corrected chi connectivity index (χ1v) is 10.7. The van der Waals surface area contributed by atoms with Crippen molar-refractivity contribution in [2.24, 2.45) is 0 Å². The van der Waals surface area contributed by atoms with Crippen LogP contribution in [-0.4, -0.2) is 25.9 Å². The fraction of sp³-hybridized carbons (Fsp3) is 0.111. The van der Waals surface area contributed by atoms with E-state index >= 15 is 0 Å². The molecule has 5 aromatic rings. The second kappa shape index (κ2) is 8.67. The van der Waals surface area contributed by atoms with Crippen molar-refractivity contribution in [3.05, 3.63) is 90.5 Å². The number of pyridine rings is 3. The molecule has 4 heterocycles. The van der Waals surface area contributed by atoms with Crippen LogP contribution in [0.4, 0.5) is 0 Å². The molecule has 0 aliphatic rings. The lowest BCUT2D eigenvalue weighted by atomic mass is 9.99. The summed E-state index contributed by atoms with van der Waals surface area (Å²) in [6.45, 7) is 3.63. The van der Waals surface area contributed by atoms with Crippen LogP contribution in [0.2, 0.25) is 0 Å². The highest BCUT2D eigenvalue weighted by Gasteiger charge is 2.13. The van der Waals surface area contributed by atoms with Gasteiger partial charge in [-0.3, -0.25) is 14.8 Å². The fourth-order valence-electron chi connectivity index (χ4n) is 3.86. The zero-order valence-corrected chi connectivity index (χ0v) is 18.4. The van der Waals surface area contributed by atoms with Crippen LogP contribution in [0, 0.1) is 6.92 Å². The van der Waals surface area contributed by atoms with Crippen LogP contribution in [0.5, 0.6) is 0 Å². The molecule has 0 aliphatic carbocycles. The lowest BCUT2D eigenvalue weighted by Crippen LogP contribution is -1.98. The van der Waals surface area contributed by atoms with Crippen molar-refractivity contribution in [3.8, 4) is 33.6 Å². The number of aromatic amines is 1. The standard InChI is InChI=1S/C27H22N4O2/c1-17-5-3-8-25(30-17)26-13-24(23-9-10-29-27(23)31-26)22-12-21(14-28-15-22)20-7-4-6-19(11-20)16-33-18(2)32/h3-15H,16H2,1-2H3,(H,29,31). The number of fused-ring (bicyclic) bond motifs is 1. The van der Waals surface area contributed by atoms with E-state index in [1.165, 1.54) is 6.92 Å². The normalized spacial score (nSPS) is 11.0. The van der Waals surface area contributed by atoms with Gasteiger partial charge in [0.1, 0.15) is 12.3 Å². The van der Waals surface area contributed by atoms with E-state index in [2.05, 4.69) is 27.1 Å². The minimum atomic E-state index is -0.295. The molecule has 0 spiro atoms. The Hall–Kier alpha value is -4.32. The molecule has 0 amide bonds. The molecule has 0 atom stereocenters. The predicted octanol–water partition coefficient (Wildman–Crippen LogP) is 5.73. The van der Waals surface area contributed by atoms with Crippen LogP contribution in [0.25, 0.3) is 44.7 Å². The number of hydrogen-bond donors (Lipinski definition) is 1. The average molecular weight is 434 g/mol. The van der Waals surface area contributed by atoms with Gasteiger partial charge in [-0.05, 0) is 60.0 Å². The van der Waals surface area contributed by atoms with E-state index in [-0.39, 0.29) is 12.6 Å². The zero-order valence-electron chi connectivity index (χ0n) is 18.4. The Morgan fingerprint density at radius 1 is 0.909 bits per heavy atom. The van der Waals surface area contributed by atoms with Crippen LogP contribution in [0.15, 0.2) is 79.3 Å². The molecule has 0 fully saturated rings. The average Bonchev–Trinajstić information content (AvgIpc) is 3.31. The number of rotatable bonds is 5. The van der Waals surface area contributed by atoms with Crippen LogP contribution in [0.1, 0.15) is 18.2 Å². The third-order valence-electron chi connectivity index (χ3n) is 5.43. The lowest BCUT2D eigenvalue weighted by molar-refractivity contribution is -0.142. The molecule has 0 bridgehead atoms. The molecular formula is C27H22N4O2. The van der Waals surface area contributed by atoms with E-state index in [1.807, 2.05) is 74.0 Å². The molecule has 0 unspecified atom stereocenters. The Morgan fingerprint density at radius 2 is 1.76 bits per heavy atom. The summed E-state index contributed by atoms with van der Waals surface area (Å²) in [6, 6.07) is 20.1. The van der Waals surface area contributed by atoms with Crippen molar-refractivity contribution in [3.63, 3.8) is 0 Å². The lowest BCUT2D eigenvalue weighted by Gasteiger charge is -2.10. The van der Waals surface area contributed by atoms with Crippen molar-refractivity contribution in [1.82, 2.24) is 19.9 Å². The van der Waals surface area contributed by atoms with Crippen LogP contribution < -0.4 is 0 Å². The SMILES string of the molecule is CC(=O)OCc1cccc(-c2cncc(-c3cc(-c4cccc(C)n4)nc4[nH]ccc34)c2)c1. The molecule has 5 rings (SSSR count). The number of ether oxygens (including phenoxy) is 1. The summed E-state index contributed by atoms with van der Waals surface area (Å²) in [6.07, 6.45) is 5.60. The Kier molecular flexibility index (Phi) is 5.40. The van der Waals surface area contributed by atoms with Crippen molar-refractivity contribution in [1.29, 1.82) is 0 Å². The van der Waals surface area contributed by atoms with Crippen LogP contribution >= 0.6 is 0 Å². The van der Waals surface area contributed by atoms with Gasteiger partial charge < -0.3 is 9.72 Å². The monoisotopic (exact) mass is 434 g/mol. The van der Waals surface area contributed by atoms with Gasteiger partial charge >= 0.3 is 5.97 Å². The molecule has 4 aromatic heterocycles. The molecule has 0 saturated carbocycles. The summed E-state index contributed by atoms with van der Waals surface area (Å²) in [5.41, 5.74) is 8.32. The molecule has 33 heavy (non-hydrogen) atoms. The van der Waals surface area contributed by atoms with Gasteiger partial charge in [0, 0.05) is 47.7 Å². The maximum Gasteiger partial charge on any atom is 0.302 e. The highest BCUT2D eigenvalue weighted by molar-refractivity contribution is 5.95. The number of esters is 1. The molecule has 162 valence electrons. The fourth-order valence-corrected chi connectivity index (χ4v) is 3.86. The largest absolute Gasteiger partial charge is 0.461 e. The number of carbonyl (C=O) groups excluding carboxylic acids is 1. The van der Waals surface area contributed by atoms with Gasteiger partial charge in [-0.25, -0.2) is 4.98 Å². The van der Waals surface area contributed by atoms with E-state index in [0.29, 0.717) is 0 Å². The zero-order chi connectivity index (χ0) is 22.8. The number of benzene rings is 1. The summed E-state index contributed by atoms with van der Waals surface area (Å²) in [7, 11) is 0. The molecule has 0 radical (unpaired) electrons. The number of hydrogen-bond acceptors (Lipinski definition) is 5. The maximum absolute atomic E-state index is 11.2. The van der Waals surface area contributed by atoms with Crippen molar-refractivity contribution in [2.75, 3.05) is 0 Å². The summed E-state index contributed by atoms with van der Waals surface area (Å²) < 4.78 is 5.14. The third kappa shape index (κ3) is 4.36. The van der Waals surface area contributed by atoms with Gasteiger partial charge in [-0.2, -0.15) is 0 Å². The first-order valence-electron chi connectivity index (χ1n) is 10.7. The Labute approximate surface area is 191 Å². The Morgan fingerprint density at radius 3 is 2.61 bits per heavy atom. The number of nitrogens with one attached hydrogen (secondary N) is 1. The van der Waals surface area contributed by atoms with Crippen LogP contribution in [-0.2, 0) is 16.1 Å². The molecule has 0 aliphatic heterocycles.